The molecule has 0 bridgehead atoms. The lowest BCUT2D eigenvalue weighted by atomic mass is 10.2. The minimum absolute atomic E-state index is 0.142. The molecule has 0 aromatic carbocycles. The van der Waals surface area contributed by atoms with E-state index in [9.17, 15) is 4.79 Å². The van der Waals surface area contributed by atoms with Crippen LogP contribution < -0.4 is 0 Å². The lowest BCUT2D eigenvalue weighted by Crippen LogP contribution is -2.22. The van der Waals surface area contributed by atoms with Gasteiger partial charge in [0.1, 0.15) is 11.4 Å². The summed E-state index contributed by atoms with van der Waals surface area (Å²) in [6.45, 7) is 1.83. The topological polar surface area (TPSA) is 51.0 Å². The van der Waals surface area contributed by atoms with Crippen molar-refractivity contribution >= 4 is 17.5 Å². The first-order valence-electron chi connectivity index (χ1n) is 5.80. The average molecular weight is 279 g/mol. The van der Waals surface area contributed by atoms with E-state index in [4.69, 9.17) is 11.6 Å². The summed E-state index contributed by atoms with van der Waals surface area (Å²) in [5.74, 6) is -0.142. The van der Waals surface area contributed by atoms with Crippen molar-refractivity contribution in [1.82, 2.24) is 19.7 Å². The number of nitrogens with zero attached hydrogens (tertiary/aromatic N) is 4. The smallest absolute Gasteiger partial charge is 0.271 e. The van der Waals surface area contributed by atoms with E-state index in [1.54, 1.807) is 38.0 Å². The van der Waals surface area contributed by atoms with Crippen molar-refractivity contribution in [1.29, 1.82) is 0 Å². The highest BCUT2D eigenvalue weighted by atomic mass is 35.5. The Balaban J connectivity index is 2.52. The number of aryl methyl sites for hydroxylation is 2. The molecule has 0 aliphatic heterocycles. The quantitative estimate of drug-likeness (QED) is 0.846. The van der Waals surface area contributed by atoms with Crippen LogP contribution in [-0.2, 0) is 7.05 Å². The summed E-state index contributed by atoms with van der Waals surface area (Å²) in [7, 11) is 5.19. The van der Waals surface area contributed by atoms with Crippen molar-refractivity contribution in [2.24, 2.45) is 7.05 Å². The van der Waals surface area contributed by atoms with Gasteiger partial charge in [0.2, 0.25) is 0 Å². The van der Waals surface area contributed by atoms with Crippen molar-refractivity contribution in [3.8, 4) is 11.4 Å². The molecule has 0 fully saturated rings. The van der Waals surface area contributed by atoms with Crippen LogP contribution in [0.5, 0.6) is 0 Å². The first-order chi connectivity index (χ1) is 8.91. The van der Waals surface area contributed by atoms with E-state index in [-0.39, 0.29) is 5.91 Å². The Hall–Kier alpha value is -1.88. The second-order valence-electron chi connectivity index (χ2n) is 4.48. The van der Waals surface area contributed by atoms with Crippen LogP contribution in [-0.4, -0.2) is 39.7 Å². The number of carbonyl (C=O) groups excluding carboxylic acids is 1. The van der Waals surface area contributed by atoms with Gasteiger partial charge in [-0.15, -0.1) is 0 Å². The molecule has 0 spiro atoms. The molecular formula is C13H15ClN4O. The highest BCUT2D eigenvalue weighted by Crippen LogP contribution is 2.28. The lowest BCUT2D eigenvalue weighted by Gasteiger charge is -2.10. The maximum absolute atomic E-state index is 11.9. The molecule has 2 rings (SSSR count). The summed E-state index contributed by atoms with van der Waals surface area (Å²) in [5.41, 5.74) is 2.48. The van der Waals surface area contributed by atoms with Gasteiger partial charge in [0.25, 0.3) is 5.91 Å². The summed E-state index contributed by atoms with van der Waals surface area (Å²) < 4.78 is 1.67. The average Bonchev–Trinajstić information content (AvgIpc) is 2.62. The number of rotatable bonds is 2. The zero-order chi connectivity index (χ0) is 14.2. The van der Waals surface area contributed by atoms with Crippen molar-refractivity contribution in [2.75, 3.05) is 14.1 Å². The summed E-state index contributed by atoms with van der Waals surface area (Å²) in [5, 5.41) is 4.81. The van der Waals surface area contributed by atoms with Crippen LogP contribution in [0.2, 0.25) is 5.02 Å². The molecule has 2 heterocycles. The monoisotopic (exact) mass is 278 g/mol. The van der Waals surface area contributed by atoms with Gasteiger partial charge in [0, 0.05) is 21.1 Å². The van der Waals surface area contributed by atoms with Crippen LogP contribution in [0.1, 0.15) is 16.2 Å². The fourth-order valence-electron chi connectivity index (χ4n) is 1.83. The van der Waals surface area contributed by atoms with Crippen LogP contribution in [0.4, 0.5) is 0 Å². The number of hydrogen-bond acceptors (Lipinski definition) is 3. The standard InChI is InChI=1S/C13H15ClN4O/c1-8-11(14)12(18(4)16-8)9-6-5-7-10(15-9)13(19)17(2)3/h5-7H,1-4H3. The number of carbonyl (C=O) groups is 1. The number of aromatic nitrogens is 3. The third-order valence-corrected chi connectivity index (χ3v) is 3.22. The van der Waals surface area contributed by atoms with Crippen molar-refractivity contribution in [2.45, 2.75) is 6.92 Å². The molecule has 0 unspecified atom stereocenters. The van der Waals surface area contributed by atoms with Gasteiger partial charge in [-0.2, -0.15) is 5.10 Å². The summed E-state index contributed by atoms with van der Waals surface area (Å²) in [4.78, 5) is 17.8. The summed E-state index contributed by atoms with van der Waals surface area (Å²) in [6, 6.07) is 5.29. The van der Waals surface area contributed by atoms with Gasteiger partial charge < -0.3 is 4.90 Å². The molecule has 0 aliphatic carbocycles. The molecule has 100 valence electrons. The second kappa shape index (κ2) is 5.01. The summed E-state index contributed by atoms with van der Waals surface area (Å²) >= 11 is 6.22. The molecule has 2 aromatic rings. The molecule has 0 aliphatic rings. The summed E-state index contributed by atoms with van der Waals surface area (Å²) in [6.07, 6.45) is 0. The third-order valence-electron chi connectivity index (χ3n) is 2.77. The molecular weight excluding hydrogens is 264 g/mol. The highest BCUT2D eigenvalue weighted by Gasteiger charge is 2.16. The fourth-order valence-corrected chi connectivity index (χ4v) is 2.08. The number of hydrogen-bond donors (Lipinski definition) is 0. The van der Waals surface area contributed by atoms with Gasteiger partial charge in [-0.3, -0.25) is 9.48 Å². The molecule has 0 atom stereocenters. The molecule has 0 N–H and O–H groups in total. The van der Waals surface area contributed by atoms with Crippen LogP contribution in [0.3, 0.4) is 0 Å². The minimum Gasteiger partial charge on any atom is -0.343 e. The molecule has 1 amide bonds. The zero-order valence-electron chi connectivity index (χ0n) is 11.3. The van der Waals surface area contributed by atoms with E-state index in [1.807, 2.05) is 13.0 Å². The van der Waals surface area contributed by atoms with Gasteiger partial charge in [-0.05, 0) is 19.1 Å². The highest BCUT2D eigenvalue weighted by molar-refractivity contribution is 6.33. The first kappa shape index (κ1) is 13.5. The van der Waals surface area contributed by atoms with Crippen LogP contribution in [0.25, 0.3) is 11.4 Å². The fraction of sp³-hybridized carbons (Fsp3) is 0.308. The number of pyridine rings is 1. The van der Waals surface area contributed by atoms with Crippen LogP contribution in [0.15, 0.2) is 18.2 Å². The molecule has 5 nitrogen and oxygen atoms in total. The van der Waals surface area contributed by atoms with Crippen molar-refractivity contribution < 1.29 is 4.79 Å². The molecule has 0 saturated carbocycles. The van der Waals surface area contributed by atoms with E-state index in [2.05, 4.69) is 10.1 Å². The Labute approximate surface area is 116 Å². The van der Waals surface area contributed by atoms with Gasteiger partial charge in [-0.1, -0.05) is 17.7 Å². The van der Waals surface area contributed by atoms with Crippen molar-refractivity contribution in [3.63, 3.8) is 0 Å². The zero-order valence-corrected chi connectivity index (χ0v) is 12.1. The SMILES string of the molecule is Cc1nn(C)c(-c2cccc(C(=O)N(C)C)n2)c1Cl. The van der Waals surface area contributed by atoms with Crippen LogP contribution in [0, 0.1) is 6.92 Å². The first-order valence-corrected chi connectivity index (χ1v) is 6.17. The van der Waals surface area contributed by atoms with E-state index in [0.29, 0.717) is 22.1 Å². The number of amides is 1. The predicted octanol–water partition coefficient (Wildman–Crippen LogP) is 2.15. The Morgan fingerprint density at radius 3 is 2.58 bits per heavy atom. The Morgan fingerprint density at radius 2 is 2.05 bits per heavy atom. The molecule has 0 saturated heterocycles. The Bertz CT molecular complexity index is 634. The second-order valence-corrected chi connectivity index (χ2v) is 4.86. The predicted molar refractivity (Wildman–Crippen MR) is 74.2 cm³/mol. The van der Waals surface area contributed by atoms with E-state index >= 15 is 0 Å². The van der Waals surface area contributed by atoms with Gasteiger partial charge >= 0.3 is 0 Å². The number of halogens is 1. The van der Waals surface area contributed by atoms with Gasteiger partial charge in [0.15, 0.2) is 0 Å². The largest absolute Gasteiger partial charge is 0.343 e. The molecule has 6 heteroatoms. The minimum atomic E-state index is -0.142. The van der Waals surface area contributed by atoms with E-state index in [0.717, 1.165) is 5.69 Å². The molecule has 0 radical (unpaired) electrons. The Kier molecular flexibility index (Phi) is 3.57. The van der Waals surface area contributed by atoms with Crippen molar-refractivity contribution in [3.05, 3.63) is 34.6 Å². The van der Waals surface area contributed by atoms with Gasteiger partial charge in [-0.25, -0.2) is 4.98 Å². The van der Waals surface area contributed by atoms with Gasteiger partial charge in [0.05, 0.1) is 16.4 Å². The normalized spacial score (nSPS) is 10.6. The maximum Gasteiger partial charge on any atom is 0.271 e. The lowest BCUT2D eigenvalue weighted by molar-refractivity contribution is 0.0822. The van der Waals surface area contributed by atoms with E-state index in [1.165, 1.54) is 4.90 Å². The van der Waals surface area contributed by atoms with Crippen LogP contribution >= 0.6 is 11.6 Å². The molecule has 2 aromatic heterocycles. The maximum atomic E-state index is 11.9. The Morgan fingerprint density at radius 1 is 1.37 bits per heavy atom. The third kappa shape index (κ3) is 2.46. The molecule has 19 heavy (non-hydrogen) atoms. The van der Waals surface area contributed by atoms with E-state index < -0.39 is 0 Å².